The molecule has 0 unspecified atom stereocenters. The molecule has 1 aromatic heterocycles. The lowest BCUT2D eigenvalue weighted by atomic mass is 9.92. The third kappa shape index (κ3) is 8.86. The summed E-state index contributed by atoms with van der Waals surface area (Å²) in [4.78, 5) is 54.0. The second-order valence-corrected chi connectivity index (χ2v) is 13.7. The van der Waals surface area contributed by atoms with Crippen molar-refractivity contribution in [1.29, 1.82) is 0 Å². The van der Waals surface area contributed by atoms with E-state index in [1.807, 2.05) is 20.8 Å². The summed E-state index contributed by atoms with van der Waals surface area (Å²) in [5.74, 6) is -1.05. The Morgan fingerprint density at radius 3 is 2.43 bits per heavy atom. The zero-order chi connectivity index (χ0) is 38.4. The minimum atomic E-state index is -1.31. The Bertz CT molecular complexity index is 2010. The summed E-state index contributed by atoms with van der Waals surface area (Å²) in [6.45, 7) is 7.49. The molecule has 4 aromatic rings. The average Bonchev–Trinajstić information content (AvgIpc) is 3.53. The molecular formula is C39H43ClN2O11. The van der Waals surface area contributed by atoms with Crippen LogP contribution in [0, 0.1) is 5.41 Å². The van der Waals surface area contributed by atoms with E-state index >= 15 is 0 Å². The molecule has 1 aliphatic rings. The molecule has 2 amide bonds. The van der Waals surface area contributed by atoms with E-state index in [-0.39, 0.29) is 18.9 Å². The Balaban J connectivity index is 1.56. The van der Waals surface area contributed by atoms with E-state index in [2.05, 4.69) is 5.32 Å². The number of hydrogen-bond acceptors (Lipinski definition) is 11. The molecule has 13 nitrogen and oxygen atoms in total. The van der Waals surface area contributed by atoms with Gasteiger partial charge in [-0.05, 0) is 42.8 Å². The van der Waals surface area contributed by atoms with Crippen LogP contribution in [0.1, 0.15) is 68.3 Å². The van der Waals surface area contributed by atoms with E-state index in [0.29, 0.717) is 68.8 Å². The van der Waals surface area contributed by atoms with Gasteiger partial charge in [-0.15, -0.1) is 0 Å². The molecule has 2 atom stereocenters. The van der Waals surface area contributed by atoms with Crippen molar-refractivity contribution in [3.05, 3.63) is 76.5 Å². The number of methoxy groups -OCH3 is 3. The summed E-state index contributed by atoms with van der Waals surface area (Å²) in [5, 5.41) is 3.75. The molecule has 14 heteroatoms. The molecule has 0 aliphatic carbocycles. The molecule has 0 saturated carbocycles. The van der Waals surface area contributed by atoms with E-state index in [9.17, 15) is 19.2 Å². The van der Waals surface area contributed by atoms with Crippen molar-refractivity contribution >= 4 is 57.7 Å². The van der Waals surface area contributed by atoms with Crippen molar-refractivity contribution in [2.45, 2.75) is 52.7 Å². The van der Waals surface area contributed by atoms with Crippen LogP contribution in [0.25, 0.3) is 11.0 Å². The predicted molar refractivity (Wildman–Crippen MR) is 197 cm³/mol. The quantitative estimate of drug-likeness (QED) is 0.131. The Morgan fingerprint density at radius 1 is 0.981 bits per heavy atom. The highest BCUT2D eigenvalue weighted by atomic mass is 35.5. The zero-order valence-corrected chi connectivity index (χ0v) is 31.5. The van der Waals surface area contributed by atoms with Crippen LogP contribution in [0.4, 0.5) is 11.4 Å². The average molecular weight is 751 g/mol. The van der Waals surface area contributed by atoms with Gasteiger partial charge in [-0.1, -0.05) is 44.5 Å². The molecule has 1 N–H and O–H groups in total. The second-order valence-electron chi connectivity index (χ2n) is 13.3. The number of ether oxygens (including phenoxy) is 6. The van der Waals surface area contributed by atoms with E-state index in [1.54, 1.807) is 53.4 Å². The molecular weight excluding hydrogens is 708 g/mol. The van der Waals surface area contributed by atoms with Crippen molar-refractivity contribution in [1.82, 2.24) is 0 Å². The maximum atomic E-state index is 14.6. The number of rotatable bonds is 14. The number of hydrogen-bond donors (Lipinski definition) is 1. The number of nitrogens with one attached hydrogen (secondary N) is 1. The van der Waals surface area contributed by atoms with Crippen LogP contribution in [0.15, 0.2) is 59.0 Å². The van der Waals surface area contributed by atoms with Gasteiger partial charge in [-0.25, -0.2) is 4.79 Å². The molecule has 282 valence electrons. The smallest absolute Gasteiger partial charge is 0.373 e. The zero-order valence-electron chi connectivity index (χ0n) is 30.7. The first kappa shape index (κ1) is 38.9. The number of anilines is 2. The number of carbonyl (C=O) groups excluding carboxylic acids is 4. The van der Waals surface area contributed by atoms with E-state index in [0.717, 1.165) is 0 Å². The molecule has 2 heterocycles. The van der Waals surface area contributed by atoms with Crippen LogP contribution >= 0.6 is 11.6 Å². The maximum absolute atomic E-state index is 14.6. The summed E-state index contributed by atoms with van der Waals surface area (Å²) in [6.07, 6.45) is -1.95. The molecule has 0 fully saturated rings. The highest BCUT2D eigenvalue weighted by Crippen LogP contribution is 2.46. The monoisotopic (exact) mass is 750 g/mol. The molecule has 0 radical (unpaired) electrons. The van der Waals surface area contributed by atoms with Gasteiger partial charge in [0.1, 0.15) is 12.2 Å². The molecule has 0 saturated heterocycles. The predicted octanol–water partition coefficient (Wildman–Crippen LogP) is 7.12. The SMILES string of the molecule is CCCOc1cc(NC(=O)C[C@H]2O[C@H](c3cccc(OC)c3OC)c3cc(Cl)ccc3N(CC(C)(C)COC(C)=O)C2=O)cc2cc(C(=O)OC)oc12. The number of benzene rings is 3. The fourth-order valence-corrected chi connectivity index (χ4v) is 6.27. The lowest BCUT2D eigenvalue weighted by Gasteiger charge is -2.33. The van der Waals surface area contributed by atoms with Crippen molar-refractivity contribution in [3.8, 4) is 17.2 Å². The van der Waals surface area contributed by atoms with Crippen molar-refractivity contribution < 1.29 is 52.0 Å². The maximum Gasteiger partial charge on any atom is 0.373 e. The number of furan rings is 1. The standard InChI is InChI=1S/C39H43ClN2O11/c1-8-14-50-30-18-25(15-23-16-32(38(46)49-7)53-34(23)30)41-33(44)19-31-37(45)42(20-39(3,4)21-51-22(2)43)28-13-12-24(40)17-27(28)35(52-31)26-10-9-11-29(47-5)36(26)48-6/h9-13,15-18,31,35H,8,14,19-21H2,1-7H3,(H,41,44)/t31-,35-/m1/s1. The van der Waals surface area contributed by atoms with Crippen molar-refractivity contribution in [2.24, 2.45) is 5.41 Å². The van der Waals surface area contributed by atoms with Gasteiger partial charge in [0.15, 0.2) is 22.8 Å². The van der Waals surface area contributed by atoms with Crippen LogP contribution in [-0.4, -0.2) is 70.9 Å². The van der Waals surface area contributed by atoms with Gasteiger partial charge in [0.25, 0.3) is 5.91 Å². The van der Waals surface area contributed by atoms with Gasteiger partial charge in [-0.3, -0.25) is 14.4 Å². The van der Waals surface area contributed by atoms with Gasteiger partial charge < -0.3 is 43.1 Å². The summed E-state index contributed by atoms with van der Waals surface area (Å²) in [7, 11) is 4.26. The number of carbonyl (C=O) groups is 4. The van der Waals surface area contributed by atoms with E-state index in [4.69, 9.17) is 44.4 Å². The first-order valence-corrected chi connectivity index (χ1v) is 17.4. The van der Waals surface area contributed by atoms with Gasteiger partial charge in [0, 0.05) is 57.9 Å². The Hall–Kier alpha value is -5.27. The van der Waals surface area contributed by atoms with Crippen LogP contribution in [-0.2, 0) is 28.6 Å². The summed E-state index contributed by atoms with van der Waals surface area (Å²) in [5.41, 5.74) is 1.53. The van der Waals surface area contributed by atoms with Crippen LogP contribution in [0.2, 0.25) is 5.02 Å². The minimum Gasteiger partial charge on any atom is -0.493 e. The lowest BCUT2D eigenvalue weighted by molar-refractivity contribution is -0.144. The Kier molecular flexibility index (Phi) is 12.2. The number of fused-ring (bicyclic) bond motifs is 2. The van der Waals surface area contributed by atoms with E-state index < -0.39 is 47.8 Å². The first-order valence-electron chi connectivity index (χ1n) is 17.0. The topological polar surface area (TPSA) is 152 Å². The van der Waals surface area contributed by atoms with Crippen LogP contribution < -0.4 is 24.4 Å². The van der Waals surface area contributed by atoms with Gasteiger partial charge in [-0.2, -0.15) is 0 Å². The van der Waals surface area contributed by atoms with Crippen LogP contribution in [0.5, 0.6) is 17.2 Å². The molecule has 53 heavy (non-hydrogen) atoms. The van der Waals surface area contributed by atoms with Gasteiger partial charge in [0.05, 0.1) is 41.0 Å². The Labute approximate surface area is 312 Å². The van der Waals surface area contributed by atoms with Crippen molar-refractivity contribution in [3.63, 3.8) is 0 Å². The number of para-hydroxylation sites is 1. The normalized spacial score (nSPS) is 15.7. The minimum absolute atomic E-state index is 0.0276. The van der Waals surface area contributed by atoms with Crippen LogP contribution in [0.3, 0.4) is 0 Å². The summed E-state index contributed by atoms with van der Waals surface area (Å²) < 4.78 is 39.8. The second kappa shape index (κ2) is 16.6. The molecule has 5 rings (SSSR count). The van der Waals surface area contributed by atoms with E-state index in [1.165, 1.54) is 34.3 Å². The highest BCUT2D eigenvalue weighted by molar-refractivity contribution is 6.30. The molecule has 1 aliphatic heterocycles. The third-order valence-electron chi connectivity index (χ3n) is 8.46. The highest BCUT2D eigenvalue weighted by Gasteiger charge is 2.41. The number of nitrogens with zero attached hydrogens (tertiary/aromatic N) is 1. The Morgan fingerprint density at radius 2 is 1.75 bits per heavy atom. The van der Waals surface area contributed by atoms with Gasteiger partial charge in [0.2, 0.25) is 11.7 Å². The molecule has 0 bridgehead atoms. The lowest BCUT2D eigenvalue weighted by Crippen LogP contribution is -2.46. The van der Waals surface area contributed by atoms with Gasteiger partial charge >= 0.3 is 11.9 Å². The fourth-order valence-electron chi connectivity index (χ4n) is 6.09. The summed E-state index contributed by atoms with van der Waals surface area (Å²) in [6, 6.07) is 15.1. The number of amides is 2. The third-order valence-corrected chi connectivity index (χ3v) is 8.69. The number of halogens is 1. The largest absolute Gasteiger partial charge is 0.493 e. The van der Waals surface area contributed by atoms with Crippen molar-refractivity contribution in [2.75, 3.05) is 51.3 Å². The first-order chi connectivity index (χ1) is 25.3. The molecule has 3 aromatic carbocycles. The number of esters is 2. The summed E-state index contributed by atoms with van der Waals surface area (Å²) >= 11 is 6.56. The molecule has 0 spiro atoms. The fraction of sp³-hybridized carbons (Fsp3) is 0.385.